The Morgan fingerprint density at radius 1 is 1.19 bits per heavy atom. The number of likely N-dealkylation sites (N-methyl/N-ethyl adjacent to an activating group) is 1. The predicted octanol–water partition coefficient (Wildman–Crippen LogP) is 4.13. The van der Waals surface area contributed by atoms with Crippen LogP contribution in [0.25, 0.3) is 11.1 Å². The Morgan fingerprint density at radius 3 is 2.54 bits per heavy atom. The second-order valence-corrected chi connectivity index (χ2v) is 7.65. The highest BCUT2D eigenvalue weighted by atomic mass is 19.1. The Labute approximate surface area is 154 Å². The van der Waals surface area contributed by atoms with Gasteiger partial charge in [0.15, 0.2) is 0 Å². The van der Waals surface area contributed by atoms with Gasteiger partial charge in [-0.25, -0.2) is 4.39 Å². The predicted molar refractivity (Wildman–Crippen MR) is 103 cm³/mol. The fraction of sp³-hybridized carbons (Fsp3) is 0.409. The third kappa shape index (κ3) is 3.26. The lowest BCUT2D eigenvalue weighted by atomic mass is 9.84. The first-order valence-electron chi connectivity index (χ1n) is 9.41. The topological polar surface area (TPSA) is 32.3 Å². The van der Waals surface area contributed by atoms with Gasteiger partial charge in [0.2, 0.25) is 0 Å². The zero-order valence-corrected chi connectivity index (χ0v) is 15.2. The summed E-state index contributed by atoms with van der Waals surface area (Å²) in [7, 11) is 1.96. The van der Waals surface area contributed by atoms with Gasteiger partial charge in [0.25, 0.3) is 0 Å². The highest BCUT2D eigenvalue weighted by Crippen LogP contribution is 2.41. The van der Waals surface area contributed by atoms with Gasteiger partial charge < -0.3 is 15.0 Å². The fourth-order valence-electron chi connectivity index (χ4n) is 3.93. The molecule has 3 nitrogen and oxygen atoms in total. The van der Waals surface area contributed by atoms with Crippen LogP contribution in [0.2, 0.25) is 0 Å². The van der Waals surface area contributed by atoms with Crippen LogP contribution in [0.1, 0.15) is 37.2 Å². The molecular formula is C22H25FN2O. The molecule has 26 heavy (non-hydrogen) atoms. The van der Waals surface area contributed by atoms with E-state index in [0.29, 0.717) is 17.9 Å². The summed E-state index contributed by atoms with van der Waals surface area (Å²) in [6.07, 6.45) is 4.87. The minimum Gasteiger partial charge on any atom is -0.368 e. The van der Waals surface area contributed by atoms with E-state index < -0.39 is 0 Å². The maximum absolute atomic E-state index is 14.3. The summed E-state index contributed by atoms with van der Waals surface area (Å²) in [6.45, 7) is 1.78. The molecule has 0 atom stereocenters. The average molecular weight is 352 g/mol. The van der Waals surface area contributed by atoms with Crippen molar-refractivity contribution in [2.75, 3.05) is 25.0 Å². The molecule has 1 aliphatic heterocycles. The van der Waals surface area contributed by atoms with E-state index >= 15 is 0 Å². The van der Waals surface area contributed by atoms with E-state index in [2.05, 4.69) is 22.3 Å². The second kappa shape index (κ2) is 6.84. The zero-order chi connectivity index (χ0) is 18.1. The van der Waals surface area contributed by atoms with Crippen LogP contribution in [0.4, 0.5) is 10.1 Å². The van der Waals surface area contributed by atoms with Crippen molar-refractivity contribution in [2.45, 2.75) is 37.1 Å². The van der Waals surface area contributed by atoms with Gasteiger partial charge >= 0.3 is 0 Å². The molecule has 0 aromatic heterocycles. The molecule has 4 rings (SSSR count). The highest BCUT2D eigenvalue weighted by molar-refractivity contribution is 5.68. The first-order chi connectivity index (χ1) is 12.6. The lowest BCUT2D eigenvalue weighted by molar-refractivity contribution is -0.108. The smallest absolute Gasteiger partial charge is 0.131 e. The van der Waals surface area contributed by atoms with Crippen LogP contribution in [0, 0.1) is 5.82 Å². The third-order valence-corrected chi connectivity index (χ3v) is 5.84. The minimum atomic E-state index is -0.158. The molecule has 0 radical (unpaired) electrons. The van der Waals surface area contributed by atoms with E-state index in [9.17, 15) is 9.18 Å². The normalized spacial score (nSPS) is 18.5. The Kier molecular flexibility index (Phi) is 4.53. The molecule has 2 aromatic rings. The Balaban J connectivity index is 1.48. The van der Waals surface area contributed by atoms with E-state index in [1.165, 1.54) is 18.4 Å². The lowest BCUT2D eigenvalue weighted by Gasteiger charge is -2.51. The maximum atomic E-state index is 14.3. The van der Waals surface area contributed by atoms with Crippen molar-refractivity contribution in [1.29, 1.82) is 0 Å². The fourth-order valence-corrected chi connectivity index (χ4v) is 3.93. The summed E-state index contributed by atoms with van der Waals surface area (Å²) in [6, 6.07) is 13.7. The molecule has 1 heterocycles. The number of carbonyl (C=O) groups is 1. The summed E-state index contributed by atoms with van der Waals surface area (Å²) in [5.41, 5.74) is 4.05. The number of hydrogen-bond acceptors (Lipinski definition) is 3. The third-order valence-electron chi connectivity index (χ3n) is 5.84. The van der Waals surface area contributed by atoms with Crippen molar-refractivity contribution in [1.82, 2.24) is 5.32 Å². The van der Waals surface area contributed by atoms with Gasteiger partial charge in [0.1, 0.15) is 12.1 Å². The van der Waals surface area contributed by atoms with Crippen LogP contribution in [-0.2, 0) is 4.79 Å². The Hall–Kier alpha value is -2.20. The van der Waals surface area contributed by atoms with E-state index in [4.69, 9.17) is 0 Å². The summed E-state index contributed by atoms with van der Waals surface area (Å²) in [5, 5.41) is 3.37. The molecule has 0 unspecified atom stereocenters. The molecule has 0 bridgehead atoms. The molecule has 0 spiro atoms. The number of hydrogen-bond donors (Lipinski definition) is 1. The van der Waals surface area contributed by atoms with Gasteiger partial charge in [-0.15, -0.1) is 0 Å². The van der Waals surface area contributed by atoms with E-state index in [-0.39, 0.29) is 11.4 Å². The first kappa shape index (κ1) is 17.2. The van der Waals surface area contributed by atoms with Gasteiger partial charge in [-0.05, 0) is 67.6 Å². The maximum Gasteiger partial charge on any atom is 0.131 e. The summed E-state index contributed by atoms with van der Waals surface area (Å²) >= 11 is 0. The van der Waals surface area contributed by atoms with Crippen molar-refractivity contribution in [3.63, 3.8) is 0 Å². The van der Waals surface area contributed by atoms with Crippen molar-refractivity contribution >= 4 is 12.0 Å². The number of halogens is 1. The van der Waals surface area contributed by atoms with Gasteiger partial charge in [0, 0.05) is 30.8 Å². The lowest BCUT2D eigenvalue weighted by Crippen LogP contribution is -2.68. The summed E-state index contributed by atoms with van der Waals surface area (Å²) < 4.78 is 14.3. The molecule has 2 aliphatic rings. The molecule has 1 saturated heterocycles. The first-order valence-corrected chi connectivity index (χ1v) is 9.41. The number of benzene rings is 2. The largest absolute Gasteiger partial charge is 0.368 e. The van der Waals surface area contributed by atoms with Gasteiger partial charge in [-0.3, -0.25) is 0 Å². The standard InChI is InChI=1S/C22H25FN2O/c1-24-22(11-2-12-26)14-25(15-22)19-8-5-17(6-9-19)20-13-18(16-3-4-16)7-10-21(20)23/h5-10,12-13,16,24H,2-4,11,14-15H2,1H3. The zero-order valence-electron chi connectivity index (χ0n) is 15.2. The van der Waals surface area contributed by atoms with Crippen LogP contribution < -0.4 is 10.2 Å². The van der Waals surface area contributed by atoms with Crippen LogP contribution >= 0.6 is 0 Å². The monoisotopic (exact) mass is 352 g/mol. The number of rotatable bonds is 7. The molecule has 136 valence electrons. The molecule has 2 aromatic carbocycles. The SMILES string of the molecule is CNC1(CCC=O)CN(c2ccc(-c3cc(C4CC4)ccc3F)cc2)C1. The highest BCUT2D eigenvalue weighted by Gasteiger charge is 2.41. The van der Waals surface area contributed by atoms with E-state index in [1.807, 2.05) is 31.3 Å². The number of nitrogens with zero attached hydrogens (tertiary/aromatic N) is 1. The van der Waals surface area contributed by atoms with Gasteiger partial charge in [-0.1, -0.05) is 18.2 Å². The summed E-state index contributed by atoms with van der Waals surface area (Å²) in [4.78, 5) is 13.0. The molecular weight excluding hydrogens is 327 g/mol. The molecule has 1 saturated carbocycles. The van der Waals surface area contributed by atoms with Gasteiger partial charge in [-0.2, -0.15) is 0 Å². The van der Waals surface area contributed by atoms with Crippen molar-refractivity contribution in [3.05, 3.63) is 53.8 Å². The average Bonchev–Trinajstić information content (AvgIpc) is 3.47. The number of anilines is 1. The van der Waals surface area contributed by atoms with Crippen LogP contribution in [0.5, 0.6) is 0 Å². The van der Waals surface area contributed by atoms with Crippen molar-refractivity contribution in [3.8, 4) is 11.1 Å². The molecule has 1 aliphatic carbocycles. The number of carbonyl (C=O) groups excluding carboxylic acids is 1. The molecule has 2 fully saturated rings. The molecule has 0 amide bonds. The summed E-state index contributed by atoms with van der Waals surface area (Å²) in [5.74, 6) is 0.463. The molecule has 4 heteroatoms. The second-order valence-electron chi connectivity index (χ2n) is 7.65. The van der Waals surface area contributed by atoms with E-state index in [1.54, 1.807) is 6.07 Å². The van der Waals surface area contributed by atoms with Crippen LogP contribution in [-0.4, -0.2) is 32.0 Å². The Morgan fingerprint density at radius 2 is 1.92 bits per heavy atom. The van der Waals surface area contributed by atoms with Crippen molar-refractivity contribution < 1.29 is 9.18 Å². The van der Waals surface area contributed by atoms with Gasteiger partial charge in [0.05, 0.1) is 5.54 Å². The van der Waals surface area contributed by atoms with E-state index in [0.717, 1.165) is 37.0 Å². The van der Waals surface area contributed by atoms with Crippen LogP contribution in [0.3, 0.4) is 0 Å². The quantitative estimate of drug-likeness (QED) is 0.761. The molecule has 1 N–H and O–H groups in total. The Bertz CT molecular complexity index is 792. The minimum absolute atomic E-state index is 0.0320. The van der Waals surface area contributed by atoms with Crippen molar-refractivity contribution in [2.24, 2.45) is 0 Å². The van der Waals surface area contributed by atoms with Crippen LogP contribution in [0.15, 0.2) is 42.5 Å². The number of aldehydes is 1. The number of nitrogens with one attached hydrogen (secondary N) is 1.